The summed E-state index contributed by atoms with van der Waals surface area (Å²) in [5.74, 6) is 0. The number of rotatable bonds is 5. The molecule has 2 rings (SSSR count). The van der Waals surface area contributed by atoms with Crippen LogP contribution in [-0.4, -0.2) is 37.0 Å². The van der Waals surface area contributed by atoms with Crippen molar-refractivity contribution in [3.8, 4) is 0 Å². The van der Waals surface area contributed by atoms with Gasteiger partial charge in [-0.2, -0.15) is 17.4 Å². The molecule has 1 saturated heterocycles. The van der Waals surface area contributed by atoms with Crippen LogP contribution in [0, 0.1) is 0 Å². The van der Waals surface area contributed by atoms with Gasteiger partial charge in [0.15, 0.2) is 0 Å². The van der Waals surface area contributed by atoms with Crippen molar-refractivity contribution in [2.45, 2.75) is 31.8 Å². The second kappa shape index (κ2) is 7.00. The second-order valence-electron chi connectivity index (χ2n) is 4.90. The van der Waals surface area contributed by atoms with E-state index in [0.717, 1.165) is 29.3 Å². The molecule has 1 unspecified atom stereocenters. The molecule has 0 bridgehead atoms. The minimum absolute atomic E-state index is 0.126. The lowest BCUT2D eigenvalue weighted by molar-refractivity contribution is 0.154. The molecule has 20 heavy (non-hydrogen) atoms. The monoisotopic (exact) mass is 362 g/mol. The molecular weight excluding hydrogens is 344 g/mol. The van der Waals surface area contributed by atoms with E-state index < -0.39 is 10.2 Å². The van der Waals surface area contributed by atoms with Crippen molar-refractivity contribution in [3.05, 3.63) is 34.3 Å². The maximum absolute atomic E-state index is 12.3. The zero-order valence-electron chi connectivity index (χ0n) is 11.1. The highest BCUT2D eigenvalue weighted by atomic mass is 79.9. The van der Waals surface area contributed by atoms with Crippen LogP contribution >= 0.6 is 15.9 Å². The predicted octanol–water partition coefficient (Wildman–Crippen LogP) is 1.63. The lowest BCUT2D eigenvalue weighted by atomic mass is 10.1. The van der Waals surface area contributed by atoms with Crippen molar-refractivity contribution in [1.29, 1.82) is 0 Å². The lowest BCUT2D eigenvalue weighted by Crippen LogP contribution is -2.50. The molecule has 0 aliphatic carbocycles. The Hall–Kier alpha value is -0.470. The molecule has 2 N–H and O–H groups in total. The molecule has 0 aromatic heterocycles. The fraction of sp³-hybridized carbons (Fsp3) is 0.538. The van der Waals surface area contributed by atoms with Gasteiger partial charge in [-0.1, -0.05) is 34.5 Å². The van der Waals surface area contributed by atoms with Crippen LogP contribution in [0.15, 0.2) is 28.7 Å². The van der Waals surface area contributed by atoms with Gasteiger partial charge in [0.05, 0.1) is 6.61 Å². The Morgan fingerprint density at radius 2 is 2.00 bits per heavy atom. The van der Waals surface area contributed by atoms with Crippen LogP contribution in [0.5, 0.6) is 0 Å². The Kier molecular flexibility index (Phi) is 5.57. The Morgan fingerprint density at radius 3 is 2.65 bits per heavy atom. The van der Waals surface area contributed by atoms with Gasteiger partial charge < -0.3 is 5.11 Å². The first-order valence-electron chi connectivity index (χ1n) is 6.64. The van der Waals surface area contributed by atoms with Crippen molar-refractivity contribution < 1.29 is 13.5 Å². The van der Waals surface area contributed by atoms with E-state index in [-0.39, 0.29) is 19.2 Å². The van der Waals surface area contributed by atoms with Crippen molar-refractivity contribution in [3.63, 3.8) is 0 Å². The highest BCUT2D eigenvalue weighted by Crippen LogP contribution is 2.19. The molecule has 1 heterocycles. The van der Waals surface area contributed by atoms with Gasteiger partial charge in [0.2, 0.25) is 0 Å². The van der Waals surface area contributed by atoms with Crippen molar-refractivity contribution in [2.75, 3.05) is 13.2 Å². The highest BCUT2D eigenvalue weighted by molar-refractivity contribution is 9.10. The quantitative estimate of drug-likeness (QED) is 0.836. The summed E-state index contributed by atoms with van der Waals surface area (Å²) in [6.07, 6.45) is 2.52. The smallest absolute Gasteiger partial charge is 0.280 e. The first-order chi connectivity index (χ1) is 9.53. The average Bonchev–Trinajstić information content (AvgIpc) is 2.46. The molecule has 7 heteroatoms. The molecule has 1 aliphatic heterocycles. The number of benzene rings is 1. The molecule has 0 saturated carbocycles. The Balaban J connectivity index is 2.01. The predicted molar refractivity (Wildman–Crippen MR) is 81.3 cm³/mol. The standard InChI is InChI=1S/C13H19BrN2O3S/c14-12-6-4-11(5-7-12)9-15-20(18,19)16-8-2-1-3-13(16)10-17/h4-7,13,15,17H,1-3,8-10H2. The fourth-order valence-corrected chi connectivity index (χ4v) is 4.05. The summed E-state index contributed by atoms with van der Waals surface area (Å²) in [6.45, 7) is 0.602. The molecule has 1 aromatic rings. The number of hydrogen-bond donors (Lipinski definition) is 2. The number of aliphatic hydroxyl groups excluding tert-OH is 1. The molecule has 1 atom stereocenters. The molecule has 1 fully saturated rings. The van der Waals surface area contributed by atoms with Crippen LogP contribution in [0.1, 0.15) is 24.8 Å². The third-order valence-corrected chi connectivity index (χ3v) is 5.60. The summed E-state index contributed by atoms with van der Waals surface area (Å²) in [4.78, 5) is 0. The highest BCUT2D eigenvalue weighted by Gasteiger charge is 2.31. The van der Waals surface area contributed by atoms with E-state index in [0.29, 0.717) is 6.54 Å². The minimum Gasteiger partial charge on any atom is -0.395 e. The zero-order valence-corrected chi connectivity index (χ0v) is 13.5. The SMILES string of the molecule is O=S(=O)(NCc1ccc(Br)cc1)N1CCCCC1CO. The molecule has 1 aromatic carbocycles. The molecule has 0 radical (unpaired) electrons. The number of nitrogens with one attached hydrogen (secondary N) is 1. The maximum atomic E-state index is 12.3. The van der Waals surface area contributed by atoms with Gasteiger partial charge in [-0.25, -0.2) is 0 Å². The van der Waals surface area contributed by atoms with Crippen LogP contribution in [0.3, 0.4) is 0 Å². The molecule has 5 nitrogen and oxygen atoms in total. The largest absolute Gasteiger partial charge is 0.395 e. The van der Waals surface area contributed by atoms with Gasteiger partial charge in [0.1, 0.15) is 0 Å². The Labute approximate surface area is 128 Å². The van der Waals surface area contributed by atoms with Crippen molar-refractivity contribution >= 4 is 26.1 Å². The van der Waals surface area contributed by atoms with Crippen molar-refractivity contribution in [1.82, 2.24) is 9.03 Å². The summed E-state index contributed by atoms with van der Waals surface area (Å²) >= 11 is 3.34. The van der Waals surface area contributed by atoms with Crippen LogP contribution in [0.25, 0.3) is 0 Å². The maximum Gasteiger partial charge on any atom is 0.280 e. The van der Waals surface area contributed by atoms with Crippen LogP contribution in [0.2, 0.25) is 0 Å². The molecule has 1 aliphatic rings. The Morgan fingerprint density at radius 1 is 1.30 bits per heavy atom. The summed E-state index contributed by atoms with van der Waals surface area (Å²) in [5.41, 5.74) is 0.898. The van der Waals surface area contributed by atoms with Gasteiger partial charge in [-0.3, -0.25) is 0 Å². The van der Waals surface area contributed by atoms with E-state index >= 15 is 0 Å². The van der Waals surface area contributed by atoms with E-state index in [1.165, 1.54) is 4.31 Å². The lowest BCUT2D eigenvalue weighted by Gasteiger charge is -2.33. The fourth-order valence-electron chi connectivity index (χ4n) is 2.33. The van der Waals surface area contributed by atoms with Gasteiger partial charge in [0.25, 0.3) is 10.2 Å². The summed E-state index contributed by atoms with van der Waals surface area (Å²) in [7, 11) is -3.54. The van der Waals surface area contributed by atoms with Crippen LogP contribution < -0.4 is 4.72 Å². The van der Waals surface area contributed by atoms with Gasteiger partial charge in [-0.15, -0.1) is 0 Å². The van der Waals surface area contributed by atoms with E-state index in [4.69, 9.17) is 0 Å². The minimum atomic E-state index is -3.54. The summed E-state index contributed by atoms with van der Waals surface area (Å²) in [6, 6.07) is 7.19. The average molecular weight is 363 g/mol. The molecule has 0 amide bonds. The molecule has 112 valence electrons. The second-order valence-corrected chi connectivity index (χ2v) is 7.52. The molecular formula is C13H19BrN2O3S. The summed E-state index contributed by atoms with van der Waals surface area (Å²) in [5, 5.41) is 9.30. The normalized spacial score (nSPS) is 21.0. The number of piperidine rings is 1. The Bertz CT molecular complexity index is 533. The number of halogens is 1. The number of hydrogen-bond acceptors (Lipinski definition) is 3. The number of aliphatic hydroxyl groups is 1. The van der Waals surface area contributed by atoms with Gasteiger partial charge in [-0.05, 0) is 30.5 Å². The van der Waals surface area contributed by atoms with E-state index in [2.05, 4.69) is 20.7 Å². The van der Waals surface area contributed by atoms with Gasteiger partial charge >= 0.3 is 0 Å². The topological polar surface area (TPSA) is 69.6 Å². The summed E-state index contributed by atoms with van der Waals surface area (Å²) < 4.78 is 29.5. The van der Waals surface area contributed by atoms with Crippen molar-refractivity contribution in [2.24, 2.45) is 0 Å². The van der Waals surface area contributed by atoms with E-state index in [1.54, 1.807) is 0 Å². The molecule has 0 spiro atoms. The van der Waals surface area contributed by atoms with Crippen LogP contribution in [0.4, 0.5) is 0 Å². The zero-order chi connectivity index (χ0) is 14.6. The van der Waals surface area contributed by atoms with Crippen LogP contribution in [-0.2, 0) is 16.8 Å². The van der Waals surface area contributed by atoms with Gasteiger partial charge in [0, 0.05) is 23.6 Å². The third kappa shape index (κ3) is 4.02. The third-order valence-electron chi connectivity index (χ3n) is 3.46. The number of nitrogens with zero attached hydrogens (tertiary/aromatic N) is 1. The van der Waals surface area contributed by atoms with E-state index in [1.807, 2.05) is 24.3 Å². The van der Waals surface area contributed by atoms with E-state index in [9.17, 15) is 13.5 Å². The first kappa shape index (κ1) is 15.9. The first-order valence-corrected chi connectivity index (χ1v) is 8.88.